The van der Waals surface area contributed by atoms with Gasteiger partial charge in [0.25, 0.3) is 0 Å². The van der Waals surface area contributed by atoms with Crippen molar-refractivity contribution < 1.29 is 19.8 Å². The van der Waals surface area contributed by atoms with Crippen molar-refractivity contribution in [2.45, 2.75) is 0 Å². The average Bonchev–Trinajstić information content (AvgIpc) is 1.79. The summed E-state index contributed by atoms with van der Waals surface area (Å²) in [6, 6.07) is -3.62. The highest BCUT2D eigenvalue weighted by Gasteiger charge is 2.36. The second-order valence-corrected chi connectivity index (χ2v) is 10.1. The van der Waals surface area contributed by atoms with E-state index in [4.69, 9.17) is 43.5 Å². The van der Waals surface area contributed by atoms with Crippen LogP contribution in [0.25, 0.3) is 0 Å². The molecule has 0 fully saturated rings. The monoisotopic (exact) mass is 248 g/mol. The second kappa shape index (κ2) is 4.13. The summed E-state index contributed by atoms with van der Waals surface area (Å²) in [5.74, 6) is -2.98. The number of hydrogen-bond donors (Lipinski definition) is 2. The summed E-state index contributed by atoms with van der Waals surface area (Å²) >= 11 is 15.9. The first-order valence-corrected chi connectivity index (χ1v) is 7.54. The zero-order chi connectivity index (χ0) is 9.94. The maximum absolute atomic E-state index is 10.3. The van der Waals surface area contributed by atoms with Crippen LogP contribution in [0.4, 0.5) is 0 Å². The molecule has 0 saturated heterocycles. The highest BCUT2D eigenvalue weighted by atomic mass is 35.8. The zero-order valence-corrected chi connectivity index (χ0v) is 8.69. The van der Waals surface area contributed by atoms with Crippen LogP contribution in [0.5, 0.6) is 0 Å². The van der Waals surface area contributed by atoms with E-state index >= 15 is 0 Å². The van der Waals surface area contributed by atoms with E-state index in [-0.39, 0.29) is 0 Å². The summed E-state index contributed by atoms with van der Waals surface area (Å²) in [6.45, 7) is 0. The maximum atomic E-state index is 10.3. The first kappa shape index (κ1) is 11.8. The molecule has 0 aliphatic rings. The Morgan fingerprint density at radius 3 is 1.67 bits per heavy atom. The molecule has 0 aliphatic heterocycles. The van der Waals surface area contributed by atoms with Crippen molar-refractivity contribution in [3.8, 4) is 0 Å². The summed E-state index contributed by atoms with van der Waals surface area (Å²) < 4.78 is 0. The van der Waals surface area contributed by atoms with Crippen LogP contribution in [0, 0.1) is 0 Å². The molecule has 2 N–H and O–H groups in total. The van der Waals surface area contributed by atoms with Crippen LogP contribution < -0.4 is 0 Å². The fourth-order valence-corrected chi connectivity index (χ4v) is 2.14. The normalized spacial score (nSPS) is 12.8. The Hall–Kier alpha value is -0.233. The van der Waals surface area contributed by atoms with E-state index in [0.29, 0.717) is 6.08 Å². The Morgan fingerprint density at radius 2 is 1.58 bits per heavy atom. The van der Waals surface area contributed by atoms with Gasteiger partial charge in [-0.25, -0.2) is 9.59 Å². The van der Waals surface area contributed by atoms with E-state index in [2.05, 4.69) is 0 Å². The summed E-state index contributed by atoms with van der Waals surface area (Å²) in [5.41, 5.74) is 0. The second-order valence-electron chi connectivity index (χ2n) is 1.70. The van der Waals surface area contributed by atoms with Gasteiger partial charge >= 0.3 is 17.9 Å². The third-order valence-electron chi connectivity index (χ3n) is 0.804. The van der Waals surface area contributed by atoms with Gasteiger partial charge < -0.3 is 10.2 Å². The molecule has 68 valence electrons. The first-order valence-electron chi connectivity index (χ1n) is 2.50. The molecule has 12 heavy (non-hydrogen) atoms. The van der Waals surface area contributed by atoms with Gasteiger partial charge in [0.1, 0.15) is 0 Å². The van der Waals surface area contributed by atoms with Crippen LogP contribution in [-0.2, 0) is 9.59 Å². The molecule has 0 spiro atoms. The van der Waals surface area contributed by atoms with Crippen LogP contribution in [0.2, 0.25) is 0 Å². The summed E-state index contributed by atoms with van der Waals surface area (Å²) in [6.07, 6.45) is 0.390. The number of carbonyl (C=O) groups is 2. The van der Waals surface area contributed by atoms with E-state index in [0.717, 1.165) is 0 Å². The predicted octanol–water partition coefficient (Wildman–Crippen LogP) is 1.28. The molecule has 0 unspecified atom stereocenters. The minimum atomic E-state index is -3.62. The molecular weight excluding hydrogens is 246 g/mol. The molecule has 0 radical (unpaired) electrons. The van der Waals surface area contributed by atoms with Crippen molar-refractivity contribution in [1.82, 2.24) is 0 Å². The lowest BCUT2D eigenvalue weighted by Gasteiger charge is -2.06. The zero-order valence-electron chi connectivity index (χ0n) is 5.42. The van der Waals surface area contributed by atoms with E-state index in [1.807, 2.05) is 0 Å². The van der Waals surface area contributed by atoms with Crippen LogP contribution in [-0.4, -0.2) is 28.2 Å². The Kier molecular flexibility index (Phi) is 4.05. The SMILES string of the molecule is O=C(O)/C=C(\C(=O)O)[Si](Cl)(Cl)Cl. The molecule has 8 heteroatoms. The van der Waals surface area contributed by atoms with Crippen LogP contribution in [0.3, 0.4) is 0 Å². The van der Waals surface area contributed by atoms with E-state index in [9.17, 15) is 9.59 Å². The van der Waals surface area contributed by atoms with Gasteiger partial charge in [0.2, 0.25) is 0 Å². The Labute approximate surface area is 82.5 Å². The van der Waals surface area contributed by atoms with Crippen molar-refractivity contribution in [2.75, 3.05) is 0 Å². The van der Waals surface area contributed by atoms with Gasteiger partial charge in [-0.2, -0.15) is 0 Å². The molecule has 0 heterocycles. The minimum Gasteiger partial charge on any atom is -0.478 e. The molecule has 0 amide bonds. The van der Waals surface area contributed by atoms with Crippen LogP contribution in [0.1, 0.15) is 0 Å². The number of carboxylic acids is 2. The van der Waals surface area contributed by atoms with Gasteiger partial charge in [0, 0.05) is 6.08 Å². The van der Waals surface area contributed by atoms with Crippen molar-refractivity contribution >= 4 is 51.2 Å². The van der Waals surface area contributed by atoms with E-state index in [1.54, 1.807) is 0 Å². The third kappa shape index (κ3) is 3.96. The van der Waals surface area contributed by atoms with E-state index < -0.39 is 23.1 Å². The number of aliphatic carboxylic acids is 2. The van der Waals surface area contributed by atoms with Crippen molar-refractivity contribution in [3.05, 3.63) is 11.3 Å². The van der Waals surface area contributed by atoms with Gasteiger partial charge in [-0.15, -0.1) is 33.2 Å². The molecule has 0 bridgehead atoms. The molecule has 0 aromatic rings. The van der Waals surface area contributed by atoms with Gasteiger partial charge in [-0.3, -0.25) is 0 Å². The maximum Gasteiger partial charge on any atom is 0.380 e. The van der Waals surface area contributed by atoms with Crippen molar-refractivity contribution in [3.63, 3.8) is 0 Å². The summed E-state index contributed by atoms with van der Waals surface area (Å²) in [4.78, 5) is 20.4. The molecule has 0 rings (SSSR count). The molecule has 0 aliphatic carbocycles. The Morgan fingerprint density at radius 1 is 1.17 bits per heavy atom. The van der Waals surface area contributed by atoms with Gasteiger partial charge in [-0.1, -0.05) is 0 Å². The summed E-state index contributed by atoms with van der Waals surface area (Å²) in [7, 11) is 0. The number of rotatable bonds is 3. The number of carboxylic acid groups (broad SMARTS) is 2. The fraction of sp³-hybridized carbons (Fsp3) is 0. The highest BCUT2D eigenvalue weighted by Crippen LogP contribution is 2.28. The molecule has 0 atom stereocenters. The Bertz CT molecular complexity index is 243. The van der Waals surface area contributed by atoms with Crippen molar-refractivity contribution in [2.24, 2.45) is 0 Å². The van der Waals surface area contributed by atoms with Crippen LogP contribution in [0.15, 0.2) is 11.3 Å². The standard InChI is InChI=1S/C4H3Cl3O4Si/c5-12(6,7)2(4(10)11)1-3(8)9/h1H,(H,8,9)(H,10,11)/b2-1+. The largest absolute Gasteiger partial charge is 0.478 e. The topological polar surface area (TPSA) is 74.6 Å². The predicted molar refractivity (Wildman–Crippen MR) is 46.7 cm³/mol. The Balaban J connectivity index is 4.94. The molecular formula is C4H3Cl3O4Si. The lowest BCUT2D eigenvalue weighted by Crippen LogP contribution is -2.23. The van der Waals surface area contributed by atoms with Crippen LogP contribution >= 0.6 is 33.2 Å². The summed E-state index contributed by atoms with van der Waals surface area (Å²) in [5, 5.41) is 15.9. The molecule has 0 aromatic carbocycles. The fourth-order valence-electron chi connectivity index (χ4n) is 0.388. The molecule has 0 saturated carbocycles. The average molecular weight is 250 g/mol. The molecule has 4 nitrogen and oxygen atoms in total. The lowest BCUT2D eigenvalue weighted by atomic mass is 10.5. The lowest BCUT2D eigenvalue weighted by molar-refractivity contribution is -0.134. The smallest absolute Gasteiger partial charge is 0.380 e. The van der Waals surface area contributed by atoms with E-state index in [1.165, 1.54) is 0 Å². The minimum absolute atomic E-state index is 0.390. The quantitative estimate of drug-likeness (QED) is 0.449. The molecule has 0 aromatic heterocycles. The number of halogens is 3. The van der Waals surface area contributed by atoms with Gasteiger partial charge in [-0.05, 0) is 0 Å². The number of hydrogen-bond acceptors (Lipinski definition) is 2. The third-order valence-corrected chi connectivity index (χ3v) is 3.61. The van der Waals surface area contributed by atoms with Gasteiger partial charge in [0.05, 0.1) is 5.20 Å². The first-order chi connectivity index (χ1) is 5.25. The van der Waals surface area contributed by atoms with Crippen molar-refractivity contribution in [1.29, 1.82) is 0 Å². The highest BCUT2D eigenvalue weighted by molar-refractivity contribution is 7.68. The van der Waals surface area contributed by atoms with Gasteiger partial charge in [0.15, 0.2) is 0 Å².